The summed E-state index contributed by atoms with van der Waals surface area (Å²) >= 11 is 0. The van der Waals surface area contributed by atoms with Gasteiger partial charge in [-0.2, -0.15) is 0 Å². The van der Waals surface area contributed by atoms with Gasteiger partial charge in [0, 0.05) is 38.6 Å². The van der Waals surface area contributed by atoms with Gasteiger partial charge in [0.2, 0.25) is 5.91 Å². The Balaban J connectivity index is 1.88. The van der Waals surface area contributed by atoms with Crippen molar-refractivity contribution in [3.8, 4) is 11.5 Å². The quantitative estimate of drug-likeness (QED) is 0.686. The van der Waals surface area contributed by atoms with Gasteiger partial charge in [-0.1, -0.05) is 13.0 Å². The van der Waals surface area contributed by atoms with Crippen molar-refractivity contribution in [1.29, 1.82) is 0 Å². The van der Waals surface area contributed by atoms with Crippen LogP contribution in [-0.4, -0.2) is 70.4 Å². The number of piperazine rings is 1. The number of amides is 1. The number of nitrogens with zero attached hydrogens (tertiary/aromatic N) is 2. The zero-order chi connectivity index (χ0) is 16.1. The van der Waals surface area contributed by atoms with Crippen molar-refractivity contribution in [2.45, 2.75) is 13.3 Å². The van der Waals surface area contributed by atoms with E-state index < -0.39 is 0 Å². The largest absolute Gasteiger partial charge is 0.504 e. The summed E-state index contributed by atoms with van der Waals surface area (Å²) in [5.41, 5.74) is 0.829. The highest BCUT2D eigenvalue weighted by atomic mass is 16.3. The van der Waals surface area contributed by atoms with Crippen molar-refractivity contribution in [3.05, 3.63) is 23.8 Å². The van der Waals surface area contributed by atoms with Crippen LogP contribution in [0.15, 0.2) is 18.2 Å². The monoisotopic (exact) mass is 308 g/mol. The van der Waals surface area contributed by atoms with Gasteiger partial charge in [0.25, 0.3) is 0 Å². The molecule has 0 radical (unpaired) electrons. The summed E-state index contributed by atoms with van der Waals surface area (Å²) in [4.78, 5) is 16.5. The Labute approximate surface area is 130 Å². The molecule has 1 fully saturated rings. The minimum atomic E-state index is -0.173. The van der Waals surface area contributed by atoms with Crippen LogP contribution in [0.3, 0.4) is 0 Å². The fraction of sp³-hybridized carbons (Fsp3) is 0.562. The second kappa shape index (κ2) is 7.47. The number of carbonyl (C=O) groups is 1. The van der Waals surface area contributed by atoms with Gasteiger partial charge in [-0.25, -0.2) is 0 Å². The Bertz CT molecular complexity index is 513. The van der Waals surface area contributed by atoms with E-state index in [4.69, 9.17) is 5.11 Å². The zero-order valence-electron chi connectivity index (χ0n) is 12.9. The highest BCUT2D eigenvalue weighted by molar-refractivity contribution is 5.79. The van der Waals surface area contributed by atoms with E-state index in [0.29, 0.717) is 26.1 Å². The Kier molecular flexibility index (Phi) is 5.63. The molecule has 0 aromatic heterocycles. The number of aliphatic hydroxyl groups excluding tert-OH is 1. The van der Waals surface area contributed by atoms with Crippen LogP contribution >= 0.6 is 0 Å². The first-order chi connectivity index (χ1) is 10.5. The maximum atomic E-state index is 12.5. The molecule has 1 aromatic carbocycles. The van der Waals surface area contributed by atoms with Gasteiger partial charge < -0.3 is 20.2 Å². The molecule has 1 aliphatic heterocycles. The summed E-state index contributed by atoms with van der Waals surface area (Å²) < 4.78 is 0. The molecule has 6 nitrogen and oxygen atoms in total. The first kappa shape index (κ1) is 16.6. The molecule has 1 aromatic rings. The number of carbonyl (C=O) groups excluding carboxylic acids is 1. The van der Waals surface area contributed by atoms with Gasteiger partial charge in [0.1, 0.15) is 0 Å². The summed E-state index contributed by atoms with van der Waals surface area (Å²) in [5, 5.41) is 27.7. The van der Waals surface area contributed by atoms with Crippen LogP contribution in [0.25, 0.3) is 0 Å². The summed E-state index contributed by atoms with van der Waals surface area (Å²) in [5.74, 6) is -0.373. The molecular formula is C16H24N2O4. The molecule has 3 N–H and O–H groups in total. The number of hydrogen-bond donors (Lipinski definition) is 3. The molecule has 0 saturated carbocycles. The van der Waals surface area contributed by atoms with E-state index in [1.807, 2.05) is 11.8 Å². The molecule has 1 amide bonds. The lowest BCUT2D eigenvalue weighted by Crippen LogP contribution is -2.50. The van der Waals surface area contributed by atoms with Crippen LogP contribution in [-0.2, 0) is 11.2 Å². The summed E-state index contributed by atoms with van der Waals surface area (Å²) in [6.07, 6.45) is 0.531. The number of phenolic OH excluding ortho intramolecular Hbond substituents is 2. The average Bonchev–Trinajstić information content (AvgIpc) is 2.51. The highest BCUT2D eigenvalue weighted by Crippen LogP contribution is 2.26. The Morgan fingerprint density at radius 2 is 1.86 bits per heavy atom. The van der Waals surface area contributed by atoms with Gasteiger partial charge in [0.05, 0.1) is 6.61 Å². The Morgan fingerprint density at radius 3 is 2.45 bits per heavy atom. The van der Waals surface area contributed by atoms with Crippen molar-refractivity contribution in [2.75, 3.05) is 39.3 Å². The molecule has 0 aliphatic carbocycles. The van der Waals surface area contributed by atoms with Crippen LogP contribution in [0, 0.1) is 5.92 Å². The molecular weight excluding hydrogens is 284 g/mol. The SMILES string of the molecule is CC(Cc1ccc(O)c(O)c1)C(=O)N1CCN(CCO)CC1. The predicted molar refractivity (Wildman–Crippen MR) is 82.7 cm³/mol. The molecule has 6 heteroatoms. The van der Waals surface area contributed by atoms with E-state index in [1.165, 1.54) is 12.1 Å². The predicted octanol–water partition coefficient (Wildman–Crippen LogP) is 0.413. The molecule has 1 saturated heterocycles. The molecule has 2 rings (SSSR count). The fourth-order valence-corrected chi connectivity index (χ4v) is 2.78. The first-order valence-corrected chi connectivity index (χ1v) is 7.64. The Morgan fingerprint density at radius 1 is 1.18 bits per heavy atom. The number of benzene rings is 1. The minimum absolute atomic E-state index is 0.108. The van der Waals surface area contributed by atoms with Gasteiger partial charge in [-0.3, -0.25) is 9.69 Å². The zero-order valence-corrected chi connectivity index (χ0v) is 12.9. The number of phenols is 2. The lowest BCUT2D eigenvalue weighted by atomic mass is 9.99. The van der Waals surface area contributed by atoms with Gasteiger partial charge in [-0.15, -0.1) is 0 Å². The molecule has 1 heterocycles. The number of β-amino-alcohol motifs (C(OH)–C–C–N with tert-alkyl or cyclic N) is 1. The summed E-state index contributed by atoms with van der Waals surface area (Å²) in [7, 11) is 0. The second-order valence-corrected chi connectivity index (χ2v) is 5.82. The molecule has 0 bridgehead atoms. The fourth-order valence-electron chi connectivity index (χ4n) is 2.78. The number of aliphatic hydroxyl groups is 1. The minimum Gasteiger partial charge on any atom is -0.504 e. The van der Waals surface area contributed by atoms with Crippen LogP contribution in [0.2, 0.25) is 0 Å². The first-order valence-electron chi connectivity index (χ1n) is 7.64. The summed E-state index contributed by atoms with van der Waals surface area (Å²) in [6.45, 7) is 5.64. The van der Waals surface area contributed by atoms with Crippen molar-refractivity contribution in [2.24, 2.45) is 5.92 Å². The van der Waals surface area contributed by atoms with Gasteiger partial charge in [-0.05, 0) is 24.1 Å². The van der Waals surface area contributed by atoms with Gasteiger partial charge in [0.15, 0.2) is 11.5 Å². The maximum absolute atomic E-state index is 12.5. The molecule has 1 unspecified atom stereocenters. The van der Waals surface area contributed by atoms with Crippen molar-refractivity contribution < 1.29 is 20.1 Å². The normalized spacial score (nSPS) is 17.5. The Hall–Kier alpha value is -1.79. The van der Waals surface area contributed by atoms with Crippen LogP contribution in [0.4, 0.5) is 0 Å². The molecule has 122 valence electrons. The number of rotatable bonds is 5. The maximum Gasteiger partial charge on any atom is 0.225 e. The van der Waals surface area contributed by atoms with Crippen LogP contribution in [0.5, 0.6) is 11.5 Å². The third-order valence-corrected chi connectivity index (χ3v) is 4.10. The standard InChI is InChI=1S/C16H24N2O4/c1-12(10-13-2-3-14(20)15(21)11-13)16(22)18-6-4-17(5-7-18)8-9-19/h2-3,11-12,19-21H,4-10H2,1H3. The molecule has 1 atom stereocenters. The molecule has 1 aliphatic rings. The topological polar surface area (TPSA) is 84.2 Å². The van der Waals surface area contributed by atoms with Crippen LogP contribution in [0.1, 0.15) is 12.5 Å². The van der Waals surface area contributed by atoms with E-state index in [1.54, 1.807) is 6.07 Å². The van der Waals surface area contributed by atoms with Crippen molar-refractivity contribution in [1.82, 2.24) is 9.80 Å². The second-order valence-electron chi connectivity index (χ2n) is 5.82. The average molecular weight is 308 g/mol. The highest BCUT2D eigenvalue weighted by Gasteiger charge is 2.24. The lowest BCUT2D eigenvalue weighted by Gasteiger charge is -2.35. The van der Waals surface area contributed by atoms with Crippen molar-refractivity contribution in [3.63, 3.8) is 0 Å². The van der Waals surface area contributed by atoms with E-state index >= 15 is 0 Å². The third kappa shape index (κ3) is 4.11. The lowest BCUT2D eigenvalue weighted by molar-refractivity contribution is -0.136. The van der Waals surface area contributed by atoms with Crippen LogP contribution < -0.4 is 0 Å². The van der Waals surface area contributed by atoms with E-state index in [-0.39, 0.29) is 29.9 Å². The number of hydrogen-bond acceptors (Lipinski definition) is 5. The van der Waals surface area contributed by atoms with E-state index in [2.05, 4.69) is 4.90 Å². The van der Waals surface area contributed by atoms with Crippen molar-refractivity contribution >= 4 is 5.91 Å². The number of aromatic hydroxyl groups is 2. The molecule has 0 spiro atoms. The molecule has 22 heavy (non-hydrogen) atoms. The van der Waals surface area contributed by atoms with E-state index in [9.17, 15) is 15.0 Å². The smallest absolute Gasteiger partial charge is 0.225 e. The van der Waals surface area contributed by atoms with Gasteiger partial charge >= 0.3 is 0 Å². The summed E-state index contributed by atoms with van der Waals surface area (Å²) in [6, 6.07) is 4.66. The van der Waals surface area contributed by atoms with E-state index in [0.717, 1.165) is 18.7 Å². The third-order valence-electron chi connectivity index (χ3n) is 4.10.